The van der Waals surface area contributed by atoms with E-state index in [-0.39, 0.29) is 18.3 Å². The van der Waals surface area contributed by atoms with Gasteiger partial charge in [0.05, 0.1) is 5.92 Å². The van der Waals surface area contributed by atoms with Crippen LogP contribution in [-0.4, -0.2) is 37.3 Å². The summed E-state index contributed by atoms with van der Waals surface area (Å²) in [5.41, 5.74) is 0.862. The largest absolute Gasteiger partial charge is 0.489 e. The number of amides is 2. The lowest BCUT2D eigenvalue weighted by atomic mass is 9.94. The fraction of sp³-hybridized carbons (Fsp3) is 0.524. The Bertz CT molecular complexity index is 947. The topological polar surface area (TPSA) is 104 Å². The van der Waals surface area contributed by atoms with E-state index in [4.69, 9.17) is 10.1 Å². The van der Waals surface area contributed by atoms with Gasteiger partial charge in [-0.05, 0) is 89.9 Å². The van der Waals surface area contributed by atoms with Crippen LogP contribution in [0.1, 0.15) is 42.2 Å². The van der Waals surface area contributed by atoms with E-state index in [0.717, 1.165) is 19.1 Å². The third-order valence-corrected chi connectivity index (χ3v) is 5.89. The maximum atomic E-state index is 14.2. The van der Waals surface area contributed by atoms with Gasteiger partial charge in [0.15, 0.2) is 0 Å². The number of aryl methyl sites for hydroxylation is 1. The standard InChI is InChI=1S/C21H24F2I2N4O3/c1-10-5-13(7-15(27-10)29-16(30)6-12-3-4-12)20(31)28-11(2)14(8-26)17-18(22)19(17)32-9-21(23,24)25/h5,7-8,11-12,14,17,26H,3-4,6,9H2,1-2H3,(H,28,31)(H,27,29,30). The summed E-state index contributed by atoms with van der Waals surface area (Å²) < 4.78 is 31.3. The van der Waals surface area contributed by atoms with Gasteiger partial charge in [0.25, 0.3) is 5.91 Å². The molecule has 3 rings (SSSR count). The Morgan fingerprint density at radius 3 is 2.69 bits per heavy atom. The first-order chi connectivity index (χ1) is 15.0. The number of carbonyl (C=O) groups excluding carboxylic acids is 2. The number of halogens is 4. The van der Waals surface area contributed by atoms with Crippen molar-refractivity contribution in [1.82, 2.24) is 10.3 Å². The van der Waals surface area contributed by atoms with Gasteiger partial charge < -0.3 is 20.8 Å². The molecule has 174 valence electrons. The molecular weight excluding hydrogens is 648 g/mol. The van der Waals surface area contributed by atoms with E-state index in [9.17, 15) is 18.4 Å². The predicted octanol–water partition coefficient (Wildman–Crippen LogP) is 4.83. The van der Waals surface area contributed by atoms with Crippen LogP contribution in [0.2, 0.25) is 0 Å². The van der Waals surface area contributed by atoms with E-state index in [1.54, 1.807) is 65.1 Å². The number of hydrogen-bond donors (Lipinski definition) is 3. The Kier molecular flexibility index (Phi) is 8.10. The van der Waals surface area contributed by atoms with Crippen LogP contribution >= 0.6 is 45.2 Å². The van der Waals surface area contributed by atoms with Gasteiger partial charge in [-0.15, -0.1) is 0 Å². The van der Waals surface area contributed by atoms with Crippen molar-refractivity contribution in [1.29, 1.82) is 5.41 Å². The SMILES string of the molecule is Cc1cc(C(=O)NC(C)C(C=N)C2C(F)=C2OCC(F)(I)I)cc(NC(=O)CC2CC2)n1. The van der Waals surface area contributed by atoms with E-state index < -0.39 is 31.3 Å². The van der Waals surface area contributed by atoms with Crippen LogP contribution in [-0.2, 0) is 9.53 Å². The zero-order valence-electron chi connectivity index (χ0n) is 17.6. The highest BCUT2D eigenvalue weighted by Crippen LogP contribution is 2.48. The van der Waals surface area contributed by atoms with Gasteiger partial charge in [0, 0.05) is 35.9 Å². The predicted molar refractivity (Wildman–Crippen MR) is 134 cm³/mol. The number of nitrogens with zero attached hydrogens (tertiary/aromatic N) is 1. The molecule has 1 aromatic heterocycles. The highest BCUT2D eigenvalue weighted by molar-refractivity contribution is 14.2. The molecule has 32 heavy (non-hydrogen) atoms. The molecule has 0 bridgehead atoms. The number of pyridine rings is 1. The lowest BCUT2D eigenvalue weighted by Crippen LogP contribution is -2.40. The fourth-order valence-electron chi connectivity index (χ4n) is 3.41. The van der Waals surface area contributed by atoms with Crippen LogP contribution < -0.4 is 10.6 Å². The number of nitrogens with one attached hydrogen (secondary N) is 3. The van der Waals surface area contributed by atoms with Gasteiger partial charge >= 0.3 is 0 Å². The summed E-state index contributed by atoms with van der Waals surface area (Å²) in [7, 11) is 0. The van der Waals surface area contributed by atoms with E-state index in [2.05, 4.69) is 15.6 Å². The van der Waals surface area contributed by atoms with Crippen molar-refractivity contribution in [3.8, 4) is 0 Å². The first-order valence-corrected chi connectivity index (χ1v) is 12.3. The molecule has 1 heterocycles. The van der Waals surface area contributed by atoms with Crippen LogP contribution in [0.15, 0.2) is 23.7 Å². The number of allylic oxidation sites excluding steroid dienone is 2. The van der Waals surface area contributed by atoms with Crippen LogP contribution in [0, 0.1) is 30.1 Å². The summed E-state index contributed by atoms with van der Waals surface area (Å²) >= 11 is 3.10. The maximum Gasteiger partial charge on any atom is 0.251 e. The molecule has 1 aromatic rings. The number of alkyl halides is 3. The molecule has 0 saturated heterocycles. The number of aromatic nitrogens is 1. The maximum absolute atomic E-state index is 14.2. The molecule has 3 N–H and O–H groups in total. The third-order valence-electron chi connectivity index (χ3n) is 5.27. The van der Waals surface area contributed by atoms with Gasteiger partial charge in [0.1, 0.15) is 24.0 Å². The van der Waals surface area contributed by atoms with E-state index >= 15 is 0 Å². The molecule has 3 unspecified atom stereocenters. The number of carbonyl (C=O) groups is 2. The second-order valence-corrected chi connectivity index (χ2v) is 13.7. The van der Waals surface area contributed by atoms with Crippen LogP contribution in [0.3, 0.4) is 0 Å². The molecule has 0 aromatic carbocycles. The first-order valence-electron chi connectivity index (χ1n) is 10.2. The zero-order valence-corrected chi connectivity index (χ0v) is 21.9. The first kappa shape index (κ1) is 25.2. The van der Waals surface area contributed by atoms with Crippen molar-refractivity contribution < 1.29 is 23.1 Å². The second-order valence-electron chi connectivity index (χ2n) is 8.18. The molecular formula is C21H24F2I2N4O3. The minimum Gasteiger partial charge on any atom is -0.489 e. The Morgan fingerprint density at radius 2 is 2.09 bits per heavy atom. The summed E-state index contributed by atoms with van der Waals surface area (Å²) in [5, 5.41) is 13.2. The Morgan fingerprint density at radius 1 is 1.41 bits per heavy atom. The lowest BCUT2D eigenvalue weighted by Gasteiger charge is -2.22. The van der Waals surface area contributed by atoms with Gasteiger partial charge in [-0.2, -0.15) is 0 Å². The second kappa shape index (κ2) is 10.3. The molecule has 1 fully saturated rings. The summed E-state index contributed by atoms with van der Waals surface area (Å²) in [4.78, 5) is 29.1. The Labute approximate surface area is 212 Å². The van der Waals surface area contributed by atoms with Gasteiger partial charge in [-0.25, -0.2) is 13.8 Å². The molecule has 2 aliphatic carbocycles. The molecule has 11 heteroatoms. The van der Waals surface area contributed by atoms with Crippen molar-refractivity contribution in [3.05, 3.63) is 35.0 Å². The molecule has 1 saturated carbocycles. The van der Waals surface area contributed by atoms with Crippen LogP contribution in [0.5, 0.6) is 0 Å². The average molecular weight is 672 g/mol. The Hall–Kier alpha value is -1.38. The molecule has 0 aliphatic heterocycles. The monoisotopic (exact) mass is 672 g/mol. The summed E-state index contributed by atoms with van der Waals surface area (Å²) in [5.74, 6) is -1.80. The third kappa shape index (κ3) is 7.06. The molecule has 7 nitrogen and oxygen atoms in total. The van der Waals surface area contributed by atoms with E-state index in [1.165, 1.54) is 6.07 Å². The lowest BCUT2D eigenvalue weighted by molar-refractivity contribution is -0.116. The minimum atomic E-state index is -1.67. The average Bonchev–Trinajstić information content (AvgIpc) is 3.59. The number of rotatable bonds is 11. The molecule has 2 amide bonds. The highest BCUT2D eigenvalue weighted by Gasteiger charge is 2.48. The van der Waals surface area contributed by atoms with Crippen molar-refractivity contribution in [3.63, 3.8) is 0 Å². The Balaban J connectivity index is 1.60. The fourth-order valence-corrected chi connectivity index (χ4v) is 3.72. The normalized spacial score (nSPS) is 19.8. The molecule has 3 atom stereocenters. The number of anilines is 1. The smallest absolute Gasteiger partial charge is 0.251 e. The number of ether oxygens (including phenoxy) is 1. The van der Waals surface area contributed by atoms with Crippen molar-refractivity contribution in [2.45, 2.75) is 40.8 Å². The molecule has 2 aliphatic rings. The molecule has 0 radical (unpaired) electrons. The van der Waals surface area contributed by atoms with Gasteiger partial charge in [-0.3, -0.25) is 9.59 Å². The van der Waals surface area contributed by atoms with Crippen LogP contribution in [0.4, 0.5) is 14.6 Å². The quantitative estimate of drug-likeness (QED) is 0.178. The summed E-state index contributed by atoms with van der Waals surface area (Å²) in [6.07, 6.45) is 3.62. The van der Waals surface area contributed by atoms with Gasteiger partial charge in [0.2, 0.25) is 7.59 Å². The molecule has 0 spiro atoms. The summed E-state index contributed by atoms with van der Waals surface area (Å²) in [6.45, 7) is 3.07. The van der Waals surface area contributed by atoms with Crippen molar-refractivity contribution in [2.75, 3.05) is 11.9 Å². The minimum absolute atomic E-state index is 0.0235. The van der Waals surface area contributed by atoms with Crippen molar-refractivity contribution >= 4 is 69.0 Å². The zero-order chi connectivity index (χ0) is 23.6. The van der Waals surface area contributed by atoms with Gasteiger partial charge in [-0.1, -0.05) is 0 Å². The highest BCUT2D eigenvalue weighted by atomic mass is 127. The number of hydrogen-bond acceptors (Lipinski definition) is 5. The summed E-state index contributed by atoms with van der Waals surface area (Å²) in [6, 6.07) is 2.49. The van der Waals surface area contributed by atoms with Crippen LogP contribution in [0.25, 0.3) is 0 Å². The van der Waals surface area contributed by atoms with E-state index in [1.807, 2.05) is 0 Å². The van der Waals surface area contributed by atoms with E-state index in [0.29, 0.717) is 29.4 Å². The van der Waals surface area contributed by atoms with Crippen molar-refractivity contribution in [2.24, 2.45) is 17.8 Å².